The number of nitrogens with zero attached hydrogens (tertiary/aromatic N) is 1. The number of carbonyl (C=O) groups is 4. The normalized spacial score (nSPS) is 14.6. The summed E-state index contributed by atoms with van der Waals surface area (Å²) in [4.78, 5) is 48.1. The van der Waals surface area contributed by atoms with E-state index in [1.807, 2.05) is 46.8 Å². The van der Waals surface area contributed by atoms with Gasteiger partial charge in [-0.3, -0.25) is 14.4 Å². The van der Waals surface area contributed by atoms with Crippen molar-refractivity contribution in [2.75, 3.05) is 7.11 Å². The van der Waals surface area contributed by atoms with Crippen molar-refractivity contribution in [1.29, 1.82) is 0 Å². The van der Waals surface area contributed by atoms with Crippen molar-refractivity contribution >= 4 is 23.5 Å². The van der Waals surface area contributed by atoms with Crippen molar-refractivity contribution in [3.63, 3.8) is 0 Å². The smallest absolute Gasteiger partial charge is 0.326 e. The fourth-order valence-corrected chi connectivity index (χ4v) is 2.86. The van der Waals surface area contributed by atoms with Gasteiger partial charge in [0.2, 0.25) is 0 Å². The number of carbonyl (C=O) groups excluding carboxylic acids is 4. The van der Waals surface area contributed by atoms with Crippen LogP contribution in [-0.2, 0) is 14.4 Å². The Labute approximate surface area is 193 Å². The average Bonchev–Trinajstić information content (AvgIpc) is 2.93. The fraction of sp³-hybridized carbons (Fsp3) is 0.600. The lowest BCUT2D eigenvalue weighted by Crippen LogP contribution is -2.51. The molecule has 7 nitrogen and oxygen atoms in total. The number of ketones is 2. The second-order valence-corrected chi connectivity index (χ2v) is 7.77. The maximum absolute atomic E-state index is 12.0. The molecular formula is C25H42N2O5. The first-order valence-corrected chi connectivity index (χ1v) is 11.1. The molecule has 0 aliphatic carbocycles. The van der Waals surface area contributed by atoms with Gasteiger partial charge in [0.15, 0.2) is 17.6 Å². The molecule has 1 heterocycles. The summed E-state index contributed by atoms with van der Waals surface area (Å²) in [5, 5.41) is 2.46. The summed E-state index contributed by atoms with van der Waals surface area (Å²) in [6.07, 6.45) is 0. The Balaban J connectivity index is 0. The molecule has 1 atom stereocenters. The Morgan fingerprint density at radius 2 is 1.53 bits per heavy atom. The van der Waals surface area contributed by atoms with Crippen LogP contribution in [0.15, 0.2) is 18.2 Å². The van der Waals surface area contributed by atoms with Crippen molar-refractivity contribution in [1.82, 2.24) is 10.2 Å². The summed E-state index contributed by atoms with van der Waals surface area (Å²) in [6, 6.07) is 4.13. The van der Waals surface area contributed by atoms with Crippen LogP contribution in [0.5, 0.6) is 5.75 Å². The number of urea groups is 1. The Hall–Kier alpha value is -2.70. The molecule has 1 aliphatic heterocycles. The monoisotopic (exact) mass is 450 g/mol. The fourth-order valence-electron chi connectivity index (χ4n) is 2.86. The third-order valence-corrected chi connectivity index (χ3v) is 4.42. The Bertz CT molecular complexity index is 785. The van der Waals surface area contributed by atoms with Crippen LogP contribution in [0, 0.1) is 19.8 Å². The number of hydrogen-bond acceptors (Lipinski definition) is 5. The van der Waals surface area contributed by atoms with Gasteiger partial charge in [-0.2, -0.15) is 0 Å². The van der Waals surface area contributed by atoms with Crippen LogP contribution in [0.1, 0.15) is 73.4 Å². The highest BCUT2D eigenvalue weighted by atomic mass is 16.5. The molecule has 1 saturated heterocycles. The van der Waals surface area contributed by atoms with Crippen LogP contribution in [0.3, 0.4) is 0 Å². The van der Waals surface area contributed by atoms with Crippen LogP contribution >= 0.6 is 0 Å². The summed E-state index contributed by atoms with van der Waals surface area (Å²) >= 11 is 0. The van der Waals surface area contributed by atoms with E-state index < -0.39 is 41.0 Å². The number of rotatable bonds is 5. The second-order valence-electron chi connectivity index (χ2n) is 7.77. The largest absolute Gasteiger partial charge is 0.496 e. The Morgan fingerprint density at radius 3 is 1.84 bits per heavy atom. The van der Waals surface area contributed by atoms with E-state index in [9.17, 15) is 19.2 Å². The molecular weight excluding hydrogens is 408 g/mol. The van der Waals surface area contributed by atoms with E-state index >= 15 is 0 Å². The lowest BCUT2D eigenvalue weighted by atomic mass is 9.96. The van der Waals surface area contributed by atoms with Crippen molar-refractivity contribution < 1.29 is 23.9 Å². The zero-order valence-corrected chi connectivity index (χ0v) is 21.9. The minimum atomic E-state index is -1.32. The first kappa shape index (κ1) is 31.5. The van der Waals surface area contributed by atoms with E-state index in [1.165, 1.54) is 31.9 Å². The van der Waals surface area contributed by atoms with Crippen LogP contribution in [0.25, 0.3) is 0 Å². The topological polar surface area (TPSA) is 92.8 Å². The minimum absolute atomic E-state index is 0.427. The molecule has 0 radical (unpaired) electrons. The van der Waals surface area contributed by atoms with Crippen LogP contribution in [0.4, 0.5) is 4.79 Å². The summed E-state index contributed by atoms with van der Waals surface area (Å²) in [5.74, 6) is -0.950. The van der Waals surface area contributed by atoms with Gasteiger partial charge in [-0.15, -0.1) is 0 Å². The molecule has 0 spiro atoms. The van der Waals surface area contributed by atoms with E-state index in [-0.39, 0.29) is 0 Å². The number of aryl methyl sites for hydroxylation is 2. The molecule has 1 unspecified atom stereocenters. The number of nitrogens with one attached hydrogen (secondary N) is 1. The van der Waals surface area contributed by atoms with E-state index in [4.69, 9.17) is 4.74 Å². The number of benzene rings is 1. The zero-order chi connectivity index (χ0) is 25.8. The van der Waals surface area contributed by atoms with Crippen LogP contribution in [-0.4, -0.2) is 47.1 Å². The standard InChI is InChI=1S/C12H18N2O4.C9H12O.2C2H6/c1-6(2)9(16)8(7(3)15)14-10(17)12(4,5)13-11(14)18;1-7-4-5-9(10-3)8(2)6-7;2*1-2/h6,8H,1-5H3,(H,13,18);4-6H,1-3H3;2*1-2H3. The molecule has 1 aromatic carbocycles. The van der Waals surface area contributed by atoms with Gasteiger partial charge in [0, 0.05) is 5.92 Å². The third kappa shape index (κ3) is 8.44. The lowest BCUT2D eigenvalue weighted by Gasteiger charge is -2.24. The first-order chi connectivity index (χ1) is 14.8. The molecule has 32 heavy (non-hydrogen) atoms. The average molecular weight is 451 g/mol. The Kier molecular flexibility index (Phi) is 14.1. The summed E-state index contributed by atoms with van der Waals surface area (Å²) in [5.41, 5.74) is 1.39. The van der Waals surface area contributed by atoms with Gasteiger partial charge in [-0.1, -0.05) is 59.2 Å². The quantitative estimate of drug-likeness (QED) is 0.511. The number of ether oxygens (including phenoxy) is 1. The molecule has 0 saturated carbocycles. The van der Waals surface area contributed by atoms with Gasteiger partial charge in [0.05, 0.1) is 7.11 Å². The molecule has 0 aromatic heterocycles. The van der Waals surface area contributed by atoms with Gasteiger partial charge >= 0.3 is 6.03 Å². The summed E-state index contributed by atoms with van der Waals surface area (Å²) in [7, 11) is 1.69. The van der Waals surface area contributed by atoms with Crippen molar-refractivity contribution in [3.05, 3.63) is 29.3 Å². The molecule has 1 fully saturated rings. The van der Waals surface area contributed by atoms with E-state index in [0.717, 1.165) is 10.6 Å². The second kappa shape index (κ2) is 14.4. The van der Waals surface area contributed by atoms with Crippen molar-refractivity contribution in [3.8, 4) is 5.75 Å². The maximum Gasteiger partial charge on any atom is 0.326 e. The number of hydrogen-bond donors (Lipinski definition) is 1. The third-order valence-electron chi connectivity index (χ3n) is 4.42. The summed E-state index contributed by atoms with van der Waals surface area (Å²) < 4.78 is 5.10. The van der Waals surface area contributed by atoms with Crippen molar-refractivity contribution in [2.45, 2.75) is 87.7 Å². The number of imide groups is 1. The highest BCUT2D eigenvalue weighted by molar-refractivity contribution is 6.16. The molecule has 1 aromatic rings. The van der Waals surface area contributed by atoms with Gasteiger partial charge in [-0.25, -0.2) is 9.69 Å². The molecule has 182 valence electrons. The predicted octanol–water partition coefficient (Wildman–Crippen LogP) is 4.86. The number of Topliss-reactive ketones (excluding diaryl/α,β-unsaturated/α-hetero) is 2. The Morgan fingerprint density at radius 1 is 1.03 bits per heavy atom. The van der Waals surface area contributed by atoms with Crippen molar-refractivity contribution in [2.24, 2.45) is 5.92 Å². The van der Waals surface area contributed by atoms with E-state index in [2.05, 4.69) is 18.3 Å². The SMILES string of the molecule is CC.CC.CC(=O)C(C(=O)C(C)C)N1C(=O)NC(C)(C)C1=O.COc1ccc(C)cc1C. The highest BCUT2D eigenvalue weighted by Gasteiger charge is 2.50. The van der Waals surface area contributed by atoms with Crippen LogP contribution < -0.4 is 10.1 Å². The highest BCUT2D eigenvalue weighted by Crippen LogP contribution is 2.21. The molecule has 3 amide bonds. The van der Waals surface area contributed by atoms with Gasteiger partial charge in [0.1, 0.15) is 11.3 Å². The molecule has 1 aliphatic rings. The van der Waals surface area contributed by atoms with Gasteiger partial charge in [-0.05, 0) is 46.2 Å². The summed E-state index contributed by atoms with van der Waals surface area (Å²) in [6.45, 7) is 19.6. The first-order valence-electron chi connectivity index (χ1n) is 11.1. The lowest BCUT2D eigenvalue weighted by molar-refractivity contribution is -0.143. The maximum atomic E-state index is 12.0. The van der Waals surface area contributed by atoms with Gasteiger partial charge in [0.25, 0.3) is 5.91 Å². The van der Waals surface area contributed by atoms with E-state index in [0.29, 0.717) is 0 Å². The molecule has 0 bridgehead atoms. The molecule has 7 heteroatoms. The minimum Gasteiger partial charge on any atom is -0.496 e. The number of amides is 3. The molecule has 1 N–H and O–H groups in total. The zero-order valence-electron chi connectivity index (χ0n) is 21.9. The van der Waals surface area contributed by atoms with E-state index in [1.54, 1.807) is 21.0 Å². The van der Waals surface area contributed by atoms with Gasteiger partial charge < -0.3 is 10.1 Å². The number of methoxy groups -OCH3 is 1. The predicted molar refractivity (Wildman–Crippen MR) is 129 cm³/mol. The molecule has 2 rings (SSSR count). The van der Waals surface area contributed by atoms with Crippen LogP contribution in [0.2, 0.25) is 0 Å².